The van der Waals surface area contributed by atoms with Crippen molar-refractivity contribution < 1.29 is 13.2 Å². The molecule has 0 radical (unpaired) electrons. The van der Waals surface area contributed by atoms with Crippen molar-refractivity contribution in [2.45, 2.75) is 16.6 Å². The lowest BCUT2D eigenvalue weighted by atomic mass is 10.2. The van der Waals surface area contributed by atoms with Crippen LogP contribution >= 0.6 is 11.8 Å². The van der Waals surface area contributed by atoms with Crippen LogP contribution in [0.5, 0.6) is 0 Å². The number of aromatic nitrogens is 3. The van der Waals surface area contributed by atoms with Gasteiger partial charge in [0.15, 0.2) is 11.0 Å². The average Bonchev–Trinajstić information content (AvgIpc) is 3.21. The van der Waals surface area contributed by atoms with E-state index >= 15 is 0 Å². The third-order valence-electron chi connectivity index (χ3n) is 4.69. The minimum absolute atomic E-state index is 0.0904. The van der Waals surface area contributed by atoms with Gasteiger partial charge in [-0.25, -0.2) is 8.42 Å². The first-order valence-electron chi connectivity index (χ1n) is 9.99. The SMILES string of the molecule is NC(=O)CSc1nnc(-c2ccc(NS(=O)(=O)c3ccccc3)cc2)n1Cc1ccccc1. The standard InChI is InChI=1S/C23H21N5O3S2/c24-21(29)16-32-23-26-25-22(28(23)15-17-7-3-1-4-8-17)18-11-13-19(14-12-18)27-33(30,31)20-9-5-2-6-10-20/h1-14,27H,15-16H2,(H2,24,29). The molecule has 0 fully saturated rings. The number of carbonyl (C=O) groups excluding carboxylic acids is 1. The van der Waals surface area contributed by atoms with Gasteiger partial charge in [-0.1, -0.05) is 60.3 Å². The van der Waals surface area contributed by atoms with Gasteiger partial charge in [0.25, 0.3) is 10.0 Å². The fourth-order valence-electron chi connectivity index (χ4n) is 3.15. The van der Waals surface area contributed by atoms with Crippen LogP contribution in [-0.4, -0.2) is 34.8 Å². The maximum atomic E-state index is 12.6. The maximum Gasteiger partial charge on any atom is 0.261 e. The van der Waals surface area contributed by atoms with Gasteiger partial charge in [0.05, 0.1) is 17.2 Å². The highest BCUT2D eigenvalue weighted by atomic mass is 32.2. The van der Waals surface area contributed by atoms with Crippen LogP contribution < -0.4 is 10.5 Å². The number of nitrogens with zero attached hydrogens (tertiary/aromatic N) is 3. The molecule has 3 aromatic carbocycles. The van der Waals surface area contributed by atoms with Crippen molar-refractivity contribution in [2.75, 3.05) is 10.5 Å². The summed E-state index contributed by atoms with van der Waals surface area (Å²) < 4.78 is 29.6. The van der Waals surface area contributed by atoms with Crippen molar-refractivity contribution in [3.8, 4) is 11.4 Å². The number of nitrogens with two attached hydrogens (primary N) is 1. The van der Waals surface area contributed by atoms with Gasteiger partial charge in [-0.2, -0.15) is 0 Å². The van der Waals surface area contributed by atoms with Crippen molar-refractivity contribution in [1.29, 1.82) is 0 Å². The summed E-state index contributed by atoms with van der Waals surface area (Å²) in [6, 6.07) is 24.9. The number of amides is 1. The molecule has 10 heteroatoms. The van der Waals surface area contributed by atoms with E-state index in [1.54, 1.807) is 42.5 Å². The highest BCUT2D eigenvalue weighted by Crippen LogP contribution is 2.27. The van der Waals surface area contributed by atoms with Gasteiger partial charge in [0.1, 0.15) is 0 Å². The lowest BCUT2D eigenvalue weighted by Crippen LogP contribution is -2.14. The summed E-state index contributed by atoms with van der Waals surface area (Å²) in [4.78, 5) is 11.4. The van der Waals surface area contributed by atoms with Gasteiger partial charge in [0.2, 0.25) is 5.91 Å². The summed E-state index contributed by atoms with van der Waals surface area (Å²) in [6.07, 6.45) is 0. The van der Waals surface area contributed by atoms with Crippen LogP contribution in [0.2, 0.25) is 0 Å². The van der Waals surface area contributed by atoms with E-state index in [4.69, 9.17) is 5.73 Å². The maximum absolute atomic E-state index is 12.6. The number of hydrogen-bond acceptors (Lipinski definition) is 6. The topological polar surface area (TPSA) is 120 Å². The third-order valence-corrected chi connectivity index (χ3v) is 7.08. The Balaban J connectivity index is 1.61. The van der Waals surface area contributed by atoms with E-state index in [2.05, 4.69) is 14.9 Å². The number of benzene rings is 3. The van der Waals surface area contributed by atoms with E-state index < -0.39 is 15.9 Å². The van der Waals surface area contributed by atoms with Gasteiger partial charge < -0.3 is 5.73 Å². The van der Waals surface area contributed by atoms with Crippen molar-refractivity contribution in [2.24, 2.45) is 5.73 Å². The predicted octanol–water partition coefficient (Wildman–Crippen LogP) is 3.37. The number of thioether (sulfide) groups is 1. The number of carbonyl (C=O) groups is 1. The van der Waals surface area contributed by atoms with Gasteiger partial charge in [-0.15, -0.1) is 10.2 Å². The second-order valence-corrected chi connectivity index (χ2v) is 9.75. The Morgan fingerprint density at radius 2 is 1.55 bits per heavy atom. The Hall–Kier alpha value is -3.63. The second kappa shape index (κ2) is 9.88. The zero-order chi connectivity index (χ0) is 23.3. The van der Waals surface area contributed by atoms with E-state index in [0.717, 1.165) is 11.1 Å². The molecular formula is C23H21N5O3S2. The molecule has 0 unspecified atom stereocenters. The van der Waals surface area contributed by atoms with Crippen LogP contribution in [0.1, 0.15) is 5.56 Å². The third kappa shape index (κ3) is 5.60. The Kier molecular flexibility index (Phi) is 6.76. The van der Waals surface area contributed by atoms with Crippen LogP contribution in [0.25, 0.3) is 11.4 Å². The fourth-order valence-corrected chi connectivity index (χ4v) is 4.91. The van der Waals surface area contributed by atoms with E-state index in [9.17, 15) is 13.2 Å². The summed E-state index contributed by atoms with van der Waals surface area (Å²) in [5.41, 5.74) is 7.53. The quantitative estimate of drug-likeness (QED) is 0.355. The number of hydrogen-bond donors (Lipinski definition) is 2. The molecule has 0 aliphatic heterocycles. The van der Waals surface area contributed by atoms with Gasteiger partial charge in [0, 0.05) is 11.3 Å². The Morgan fingerprint density at radius 3 is 2.18 bits per heavy atom. The molecular weight excluding hydrogens is 458 g/mol. The smallest absolute Gasteiger partial charge is 0.261 e. The monoisotopic (exact) mass is 479 g/mol. The van der Waals surface area contributed by atoms with Crippen molar-refractivity contribution in [1.82, 2.24) is 14.8 Å². The van der Waals surface area contributed by atoms with E-state index in [1.807, 2.05) is 34.9 Å². The molecule has 0 aliphatic carbocycles. The van der Waals surface area contributed by atoms with Crippen LogP contribution in [-0.2, 0) is 21.4 Å². The highest BCUT2D eigenvalue weighted by molar-refractivity contribution is 7.99. The second-order valence-electron chi connectivity index (χ2n) is 7.13. The average molecular weight is 480 g/mol. The zero-order valence-electron chi connectivity index (χ0n) is 17.5. The van der Waals surface area contributed by atoms with E-state index in [0.29, 0.717) is 23.2 Å². The molecule has 8 nitrogen and oxygen atoms in total. The van der Waals surface area contributed by atoms with Crippen molar-refractivity contribution in [3.63, 3.8) is 0 Å². The Bertz CT molecular complexity index is 1340. The molecule has 0 spiro atoms. The van der Waals surface area contributed by atoms with Crippen LogP contribution in [0.3, 0.4) is 0 Å². The first-order chi connectivity index (χ1) is 15.9. The first kappa shape index (κ1) is 22.6. The molecule has 0 saturated heterocycles. The zero-order valence-corrected chi connectivity index (χ0v) is 19.1. The van der Waals surface area contributed by atoms with Gasteiger partial charge in [-0.05, 0) is 42.0 Å². The lowest BCUT2D eigenvalue weighted by Gasteiger charge is -2.11. The number of sulfonamides is 1. The molecule has 33 heavy (non-hydrogen) atoms. The van der Waals surface area contributed by atoms with Crippen molar-refractivity contribution in [3.05, 3.63) is 90.5 Å². The molecule has 0 atom stereocenters. The van der Waals surface area contributed by atoms with E-state index in [1.165, 1.54) is 23.9 Å². The molecule has 4 rings (SSSR count). The van der Waals surface area contributed by atoms with Crippen LogP contribution in [0, 0.1) is 0 Å². The number of primary amides is 1. The highest BCUT2D eigenvalue weighted by Gasteiger charge is 2.17. The largest absolute Gasteiger partial charge is 0.369 e. The summed E-state index contributed by atoms with van der Waals surface area (Å²) in [7, 11) is -3.68. The predicted molar refractivity (Wildman–Crippen MR) is 128 cm³/mol. The molecule has 0 saturated carbocycles. The summed E-state index contributed by atoms with van der Waals surface area (Å²) in [5.74, 6) is 0.252. The van der Waals surface area contributed by atoms with E-state index in [-0.39, 0.29) is 10.6 Å². The van der Waals surface area contributed by atoms with Gasteiger partial charge in [-0.3, -0.25) is 14.1 Å². The van der Waals surface area contributed by atoms with Crippen molar-refractivity contribution >= 4 is 33.4 Å². The fraction of sp³-hybridized carbons (Fsp3) is 0.0870. The Labute approximate surface area is 195 Å². The molecule has 4 aromatic rings. The summed E-state index contributed by atoms with van der Waals surface area (Å²) in [5, 5.41) is 9.12. The van der Waals surface area contributed by atoms with Crippen LogP contribution in [0.15, 0.2) is 95.0 Å². The summed E-state index contributed by atoms with van der Waals surface area (Å²) in [6.45, 7) is 0.507. The first-order valence-corrected chi connectivity index (χ1v) is 12.5. The molecule has 0 bridgehead atoms. The van der Waals surface area contributed by atoms with Crippen LogP contribution in [0.4, 0.5) is 5.69 Å². The molecule has 1 aromatic heterocycles. The minimum atomic E-state index is -3.68. The molecule has 0 aliphatic rings. The number of rotatable bonds is 9. The number of anilines is 1. The van der Waals surface area contributed by atoms with Gasteiger partial charge >= 0.3 is 0 Å². The summed E-state index contributed by atoms with van der Waals surface area (Å²) >= 11 is 1.22. The Morgan fingerprint density at radius 1 is 0.909 bits per heavy atom. The molecule has 1 heterocycles. The normalized spacial score (nSPS) is 11.3. The lowest BCUT2D eigenvalue weighted by molar-refractivity contribution is -0.115. The minimum Gasteiger partial charge on any atom is -0.369 e. The molecule has 3 N–H and O–H groups in total. The number of nitrogens with one attached hydrogen (secondary N) is 1. The molecule has 168 valence electrons. The molecule has 1 amide bonds.